The molecule has 6 heteroatoms. The van der Waals surface area contributed by atoms with Crippen LogP contribution < -0.4 is 0 Å². The molecule has 16 heavy (non-hydrogen) atoms. The molecule has 0 aromatic carbocycles. The highest BCUT2D eigenvalue weighted by Gasteiger charge is 2.24. The molecule has 0 aliphatic carbocycles. The van der Waals surface area contributed by atoms with E-state index in [0.29, 0.717) is 11.9 Å². The van der Waals surface area contributed by atoms with Gasteiger partial charge in [0.25, 0.3) is 0 Å². The largest absolute Gasteiger partial charge is 0.339 e. The van der Waals surface area contributed by atoms with Gasteiger partial charge in [-0.3, -0.25) is 4.90 Å². The van der Waals surface area contributed by atoms with E-state index in [1.54, 1.807) is 0 Å². The van der Waals surface area contributed by atoms with Crippen molar-refractivity contribution in [2.45, 2.75) is 19.5 Å². The van der Waals surface area contributed by atoms with Crippen LogP contribution in [-0.4, -0.2) is 43.7 Å². The number of nitrogens with zero attached hydrogens (tertiary/aromatic N) is 5. The van der Waals surface area contributed by atoms with Gasteiger partial charge in [0.05, 0.1) is 5.69 Å². The van der Waals surface area contributed by atoms with Gasteiger partial charge in [0.2, 0.25) is 5.82 Å². The molecule has 0 saturated heterocycles. The molecule has 84 valence electrons. The molecule has 1 unspecified atom stereocenters. The maximum absolute atomic E-state index is 4.03. The maximum Gasteiger partial charge on any atom is 0.221 e. The van der Waals surface area contributed by atoms with Crippen LogP contribution in [-0.2, 0) is 6.54 Å². The van der Waals surface area contributed by atoms with Crippen LogP contribution in [0.1, 0.15) is 18.7 Å². The van der Waals surface area contributed by atoms with Crippen LogP contribution in [0, 0.1) is 0 Å². The number of nitrogens with one attached hydrogen (secondary N) is 1. The Morgan fingerprint density at radius 3 is 3.00 bits per heavy atom. The fraction of sp³-hybridized carbons (Fsp3) is 0.500. The molecule has 6 nitrogen and oxygen atoms in total. The van der Waals surface area contributed by atoms with Gasteiger partial charge in [-0.05, 0) is 31.3 Å². The molecule has 1 aliphatic heterocycles. The van der Waals surface area contributed by atoms with Crippen molar-refractivity contribution in [1.29, 1.82) is 0 Å². The van der Waals surface area contributed by atoms with Crippen molar-refractivity contribution in [2.75, 3.05) is 13.6 Å². The summed E-state index contributed by atoms with van der Waals surface area (Å²) in [6.07, 6.45) is 0. The van der Waals surface area contributed by atoms with E-state index in [9.17, 15) is 0 Å². The number of hydrogen-bond acceptors (Lipinski definition) is 4. The summed E-state index contributed by atoms with van der Waals surface area (Å²) in [7, 11) is 2.15. The van der Waals surface area contributed by atoms with E-state index < -0.39 is 0 Å². The van der Waals surface area contributed by atoms with Crippen LogP contribution >= 0.6 is 0 Å². The van der Waals surface area contributed by atoms with Crippen LogP contribution in [0.4, 0.5) is 0 Å². The van der Waals surface area contributed by atoms with Crippen LogP contribution in [0.15, 0.2) is 12.1 Å². The van der Waals surface area contributed by atoms with Crippen LogP contribution in [0.2, 0.25) is 0 Å². The zero-order valence-electron chi connectivity index (χ0n) is 9.38. The number of aromatic nitrogens is 5. The van der Waals surface area contributed by atoms with Gasteiger partial charge >= 0.3 is 0 Å². The van der Waals surface area contributed by atoms with Crippen LogP contribution in [0.5, 0.6) is 0 Å². The molecule has 2 aromatic rings. The second-order valence-electron chi connectivity index (χ2n) is 4.19. The normalized spacial score (nSPS) is 21.0. The standard InChI is InChI=1S/C10H14N6/c1-7-8-3-4-9(10-11-13-14-12-10)16(8)6-5-15(7)2/h3-4,7H,5-6H2,1-2H3,(H,11,12,13,14). The zero-order valence-corrected chi connectivity index (χ0v) is 9.38. The molecule has 0 bridgehead atoms. The predicted octanol–water partition coefficient (Wildman–Crippen LogP) is 0.675. The molecule has 0 radical (unpaired) electrons. The van der Waals surface area contributed by atoms with E-state index in [-0.39, 0.29) is 0 Å². The number of aromatic amines is 1. The van der Waals surface area contributed by atoms with Gasteiger partial charge in [0, 0.05) is 24.8 Å². The van der Waals surface area contributed by atoms with Crippen LogP contribution in [0.3, 0.4) is 0 Å². The fourth-order valence-corrected chi connectivity index (χ4v) is 2.24. The number of likely N-dealkylation sites (N-methyl/N-ethyl adjacent to an activating group) is 1. The highest BCUT2D eigenvalue weighted by Crippen LogP contribution is 2.29. The number of hydrogen-bond donors (Lipinski definition) is 1. The molecule has 0 spiro atoms. The van der Waals surface area contributed by atoms with Gasteiger partial charge in [-0.1, -0.05) is 0 Å². The van der Waals surface area contributed by atoms with E-state index in [1.807, 2.05) is 0 Å². The molecule has 0 amide bonds. The Kier molecular flexibility index (Phi) is 2.03. The Balaban J connectivity index is 2.08. The predicted molar refractivity (Wildman–Crippen MR) is 58.6 cm³/mol. The minimum absolute atomic E-state index is 0.439. The van der Waals surface area contributed by atoms with E-state index in [1.165, 1.54) is 5.69 Å². The monoisotopic (exact) mass is 218 g/mol. The lowest BCUT2D eigenvalue weighted by Gasteiger charge is -2.32. The molecule has 2 aromatic heterocycles. The summed E-state index contributed by atoms with van der Waals surface area (Å²) >= 11 is 0. The molecular formula is C10H14N6. The van der Waals surface area contributed by atoms with E-state index in [4.69, 9.17) is 0 Å². The van der Waals surface area contributed by atoms with Gasteiger partial charge in [-0.2, -0.15) is 5.21 Å². The SMILES string of the molecule is CC1c2ccc(-c3nn[nH]n3)n2CCN1C. The lowest BCUT2D eigenvalue weighted by atomic mass is 10.2. The molecule has 3 heterocycles. The fourth-order valence-electron chi connectivity index (χ4n) is 2.24. The molecule has 0 fully saturated rings. The summed E-state index contributed by atoms with van der Waals surface area (Å²) in [6.45, 7) is 4.24. The first-order chi connectivity index (χ1) is 7.77. The molecule has 3 rings (SSSR count). The third kappa shape index (κ3) is 1.26. The molecule has 0 saturated carbocycles. The van der Waals surface area contributed by atoms with Crippen molar-refractivity contribution < 1.29 is 0 Å². The summed E-state index contributed by atoms with van der Waals surface area (Å²) in [4.78, 5) is 2.34. The Labute approximate surface area is 93.3 Å². The Morgan fingerprint density at radius 1 is 1.38 bits per heavy atom. The van der Waals surface area contributed by atoms with Crippen molar-refractivity contribution in [2.24, 2.45) is 0 Å². The van der Waals surface area contributed by atoms with Gasteiger partial charge < -0.3 is 4.57 Å². The summed E-state index contributed by atoms with van der Waals surface area (Å²) in [6, 6.07) is 4.65. The van der Waals surface area contributed by atoms with Crippen molar-refractivity contribution >= 4 is 0 Å². The Hall–Kier alpha value is -1.69. The molecule has 1 atom stereocenters. The number of H-pyrrole nitrogens is 1. The van der Waals surface area contributed by atoms with Gasteiger partial charge in [-0.15, -0.1) is 10.2 Å². The molecule has 1 aliphatic rings. The second kappa shape index (κ2) is 3.41. The minimum Gasteiger partial charge on any atom is -0.339 e. The first-order valence-electron chi connectivity index (χ1n) is 5.41. The summed E-state index contributed by atoms with van der Waals surface area (Å²) in [5, 5.41) is 14.2. The second-order valence-corrected chi connectivity index (χ2v) is 4.19. The summed E-state index contributed by atoms with van der Waals surface area (Å²) in [5.41, 5.74) is 2.36. The lowest BCUT2D eigenvalue weighted by molar-refractivity contribution is 0.212. The van der Waals surface area contributed by atoms with Gasteiger partial charge in [-0.25, -0.2) is 0 Å². The Bertz CT molecular complexity index is 485. The van der Waals surface area contributed by atoms with Crippen molar-refractivity contribution in [3.8, 4) is 11.5 Å². The first kappa shape index (κ1) is 9.53. The maximum atomic E-state index is 4.03. The number of tetrazole rings is 1. The number of fused-ring (bicyclic) bond motifs is 1. The molecule has 1 N–H and O–H groups in total. The third-order valence-electron chi connectivity index (χ3n) is 3.35. The van der Waals surface area contributed by atoms with Gasteiger partial charge in [0.1, 0.15) is 0 Å². The van der Waals surface area contributed by atoms with E-state index in [0.717, 1.165) is 18.8 Å². The third-order valence-corrected chi connectivity index (χ3v) is 3.35. The minimum atomic E-state index is 0.439. The lowest BCUT2D eigenvalue weighted by Crippen LogP contribution is -2.33. The highest BCUT2D eigenvalue weighted by atomic mass is 15.5. The van der Waals surface area contributed by atoms with Crippen LogP contribution in [0.25, 0.3) is 11.5 Å². The smallest absolute Gasteiger partial charge is 0.221 e. The number of rotatable bonds is 1. The quantitative estimate of drug-likeness (QED) is 0.764. The van der Waals surface area contributed by atoms with Gasteiger partial charge in [0.15, 0.2) is 0 Å². The first-order valence-corrected chi connectivity index (χ1v) is 5.41. The average Bonchev–Trinajstić information content (AvgIpc) is 2.91. The average molecular weight is 218 g/mol. The van der Waals surface area contributed by atoms with Crippen molar-refractivity contribution in [3.05, 3.63) is 17.8 Å². The summed E-state index contributed by atoms with van der Waals surface area (Å²) in [5.74, 6) is 0.669. The van der Waals surface area contributed by atoms with E-state index >= 15 is 0 Å². The van der Waals surface area contributed by atoms with E-state index in [2.05, 4.69) is 56.2 Å². The zero-order chi connectivity index (χ0) is 11.1. The molecular weight excluding hydrogens is 204 g/mol. The summed E-state index contributed by atoms with van der Waals surface area (Å²) < 4.78 is 2.27. The highest BCUT2D eigenvalue weighted by molar-refractivity contribution is 5.51. The van der Waals surface area contributed by atoms with Crippen molar-refractivity contribution in [3.63, 3.8) is 0 Å². The topological polar surface area (TPSA) is 62.6 Å². The Morgan fingerprint density at radius 2 is 2.25 bits per heavy atom. The van der Waals surface area contributed by atoms with Crippen molar-refractivity contribution in [1.82, 2.24) is 30.1 Å².